The van der Waals surface area contributed by atoms with E-state index in [1.807, 2.05) is 42.5 Å². The molecule has 132 valence electrons. The largest absolute Gasteiger partial charge is 0.454 e. The van der Waals surface area contributed by atoms with Gasteiger partial charge < -0.3 is 9.47 Å². The molecule has 0 saturated carbocycles. The molecule has 0 aliphatic carbocycles. The molecule has 2 aliphatic rings. The summed E-state index contributed by atoms with van der Waals surface area (Å²) in [6, 6.07) is 13.2. The van der Waals surface area contributed by atoms with Crippen LogP contribution in [0.2, 0.25) is 0 Å². The summed E-state index contributed by atoms with van der Waals surface area (Å²) in [6.07, 6.45) is 0.641. The van der Waals surface area contributed by atoms with E-state index in [1.54, 1.807) is 18.4 Å². The van der Waals surface area contributed by atoms with E-state index in [9.17, 15) is 8.42 Å². The van der Waals surface area contributed by atoms with Gasteiger partial charge in [-0.3, -0.25) is 0 Å². The Bertz CT molecular complexity index is 897. The van der Waals surface area contributed by atoms with E-state index in [2.05, 4.69) is 0 Å². The molecule has 7 heteroatoms. The summed E-state index contributed by atoms with van der Waals surface area (Å²) in [5.74, 6) is 1.40. The average molecular weight is 360 g/mol. The van der Waals surface area contributed by atoms with Crippen molar-refractivity contribution in [3.05, 3.63) is 59.2 Å². The smallest absolute Gasteiger partial charge is 0.282 e. The summed E-state index contributed by atoms with van der Waals surface area (Å²) in [6.45, 7) is 0.626. The molecular formula is C18H20N2O4S. The van der Waals surface area contributed by atoms with Crippen LogP contribution in [0.25, 0.3) is 0 Å². The predicted octanol–water partition coefficient (Wildman–Crippen LogP) is 2.17. The number of rotatable bonds is 3. The van der Waals surface area contributed by atoms with Gasteiger partial charge in [-0.15, -0.1) is 0 Å². The van der Waals surface area contributed by atoms with Crippen molar-refractivity contribution in [1.29, 1.82) is 0 Å². The zero-order valence-electron chi connectivity index (χ0n) is 14.2. The van der Waals surface area contributed by atoms with Gasteiger partial charge in [0, 0.05) is 20.6 Å². The molecule has 4 rings (SSSR count). The first-order valence-corrected chi connectivity index (χ1v) is 9.55. The maximum atomic E-state index is 12.9. The van der Waals surface area contributed by atoms with Crippen LogP contribution in [0.4, 0.5) is 0 Å². The minimum atomic E-state index is -3.56. The lowest BCUT2D eigenvalue weighted by atomic mass is 9.89. The fraction of sp³-hybridized carbons (Fsp3) is 0.333. The van der Waals surface area contributed by atoms with E-state index in [0.717, 1.165) is 22.4 Å². The molecule has 0 fully saturated rings. The van der Waals surface area contributed by atoms with Gasteiger partial charge in [0.15, 0.2) is 11.5 Å². The van der Waals surface area contributed by atoms with Crippen LogP contribution in [0.15, 0.2) is 42.5 Å². The fourth-order valence-electron chi connectivity index (χ4n) is 3.43. The van der Waals surface area contributed by atoms with E-state index in [4.69, 9.17) is 9.47 Å². The van der Waals surface area contributed by atoms with Crippen LogP contribution >= 0.6 is 0 Å². The fourth-order valence-corrected chi connectivity index (χ4v) is 4.67. The Labute approximate surface area is 147 Å². The molecule has 2 aromatic rings. The molecule has 0 spiro atoms. The number of ether oxygens (including phenoxy) is 2. The summed E-state index contributed by atoms with van der Waals surface area (Å²) in [7, 11) is -0.435. The molecule has 0 N–H and O–H groups in total. The first kappa shape index (κ1) is 16.4. The van der Waals surface area contributed by atoms with E-state index in [-0.39, 0.29) is 12.8 Å². The average Bonchev–Trinajstić information content (AvgIpc) is 3.06. The molecule has 25 heavy (non-hydrogen) atoms. The van der Waals surface area contributed by atoms with Gasteiger partial charge >= 0.3 is 0 Å². The Balaban J connectivity index is 1.89. The number of fused-ring (bicyclic) bond motifs is 2. The summed E-state index contributed by atoms with van der Waals surface area (Å²) < 4.78 is 39.6. The Morgan fingerprint density at radius 1 is 1.08 bits per heavy atom. The number of hydrogen-bond donors (Lipinski definition) is 0. The van der Waals surface area contributed by atoms with Gasteiger partial charge in [-0.1, -0.05) is 30.3 Å². The molecule has 2 heterocycles. The first-order valence-electron chi connectivity index (χ1n) is 8.15. The van der Waals surface area contributed by atoms with Crippen LogP contribution in [0.5, 0.6) is 11.5 Å². The normalized spacial score (nSPS) is 19.9. The van der Waals surface area contributed by atoms with E-state index in [0.29, 0.717) is 18.7 Å². The van der Waals surface area contributed by atoms with E-state index >= 15 is 0 Å². The third-order valence-corrected chi connectivity index (χ3v) is 6.60. The SMILES string of the molecule is CN(C)S(=O)(=O)N1CCc2cc3c(cc2C1c1ccccc1)OCO3. The molecule has 0 aromatic heterocycles. The highest BCUT2D eigenvalue weighted by Crippen LogP contribution is 2.43. The first-order chi connectivity index (χ1) is 12.0. The van der Waals surface area contributed by atoms with Crippen molar-refractivity contribution in [2.45, 2.75) is 12.5 Å². The second-order valence-electron chi connectivity index (χ2n) is 6.37. The zero-order chi connectivity index (χ0) is 17.6. The lowest BCUT2D eigenvalue weighted by Gasteiger charge is -2.38. The standard InChI is InChI=1S/C18H20N2O4S/c1-19(2)25(21,22)20-9-8-14-10-16-17(24-12-23-16)11-15(14)18(20)13-6-4-3-5-7-13/h3-7,10-11,18H,8-9,12H2,1-2H3. The lowest BCUT2D eigenvalue weighted by Crippen LogP contribution is -2.45. The second-order valence-corrected chi connectivity index (χ2v) is 8.46. The van der Waals surface area contributed by atoms with Crippen molar-refractivity contribution in [1.82, 2.24) is 8.61 Å². The van der Waals surface area contributed by atoms with Crippen LogP contribution in [0, 0.1) is 0 Å². The maximum absolute atomic E-state index is 12.9. The molecule has 1 unspecified atom stereocenters. The quantitative estimate of drug-likeness (QED) is 0.842. The van der Waals surface area contributed by atoms with Crippen molar-refractivity contribution < 1.29 is 17.9 Å². The Kier molecular flexibility index (Phi) is 3.94. The van der Waals surface area contributed by atoms with Crippen molar-refractivity contribution in [3.8, 4) is 11.5 Å². The molecule has 1 atom stereocenters. The van der Waals surface area contributed by atoms with Gasteiger partial charge in [-0.05, 0) is 35.2 Å². The number of nitrogens with zero attached hydrogens (tertiary/aromatic N) is 2. The summed E-state index contributed by atoms with van der Waals surface area (Å²) >= 11 is 0. The highest BCUT2D eigenvalue weighted by atomic mass is 32.2. The van der Waals surface area contributed by atoms with Gasteiger partial charge in [0.05, 0.1) is 6.04 Å². The van der Waals surface area contributed by atoms with Crippen molar-refractivity contribution in [2.24, 2.45) is 0 Å². The monoisotopic (exact) mass is 360 g/mol. The molecule has 0 radical (unpaired) electrons. The highest BCUT2D eigenvalue weighted by Gasteiger charge is 2.38. The van der Waals surface area contributed by atoms with E-state index in [1.165, 1.54) is 4.31 Å². The van der Waals surface area contributed by atoms with Crippen molar-refractivity contribution in [2.75, 3.05) is 27.4 Å². The third-order valence-electron chi connectivity index (χ3n) is 4.69. The van der Waals surface area contributed by atoms with Gasteiger partial charge in [0.25, 0.3) is 10.2 Å². The Morgan fingerprint density at radius 3 is 2.44 bits per heavy atom. The minimum absolute atomic E-state index is 0.202. The Hall–Kier alpha value is -2.09. The van der Waals surface area contributed by atoms with Gasteiger partial charge in [0.2, 0.25) is 6.79 Å². The molecule has 0 bridgehead atoms. The van der Waals surface area contributed by atoms with Crippen LogP contribution < -0.4 is 9.47 Å². The van der Waals surface area contributed by atoms with Crippen LogP contribution in [0.1, 0.15) is 22.7 Å². The maximum Gasteiger partial charge on any atom is 0.282 e. The van der Waals surface area contributed by atoms with E-state index < -0.39 is 10.2 Å². The topological polar surface area (TPSA) is 59.1 Å². The second kappa shape index (κ2) is 6.01. The molecule has 0 amide bonds. The molecule has 6 nitrogen and oxygen atoms in total. The van der Waals surface area contributed by atoms with Crippen molar-refractivity contribution >= 4 is 10.2 Å². The van der Waals surface area contributed by atoms with Crippen LogP contribution in [0.3, 0.4) is 0 Å². The van der Waals surface area contributed by atoms with Crippen molar-refractivity contribution in [3.63, 3.8) is 0 Å². The van der Waals surface area contributed by atoms with Crippen LogP contribution in [-0.2, 0) is 16.6 Å². The summed E-state index contributed by atoms with van der Waals surface area (Å²) in [5, 5.41) is 0. The predicted molar refractivity (Wildman–Crippen MR) is 93.9 cm³/mol. The molecule has 0 saturated heterocycles. The molecular weight excluding hydrogens is 340 g/mol. The molecule has 2 aliphatic heterocycles. The summed E-state index contributed by atoms with van der Waals surface area (Å²) in [4.78, 5) is 0. The lowest BCUT2D eigenvalue weighted by molar-refractivity contribution is 0.174. The highest BCUT2D eigenvalue weighted by molar-refractivity contribution is 7.86. The minimum Gasteiger partial charge on any atom is -0.454 e. The summed E-state index contributed by atoms with van der Waals surface area (Å²) in [5.41, 5.74) is 2.99. The van der Waals surface area contributed by atoms with Gasteiger partial charge in [0.1, 0.15) is 0 Å². The zero-order valence-corrected chi connectivity index (χ0v) is 15.0. The third kappa shape index (κ3) is 2.68. The molecule has 2 aromatic carbocycles. The van der Waals surface area contributed by atoms with Crippen LogP contribution in [-0.4, -0.2) is 44.5 Å². The van der Waals surface area contributed by atoms with Gasteiger partial charge in [-0.2, -0.15) is 17.0 Å². The number of hydrogen-bond acceptors (Lipinski definition) is 4. The van der Waals surface area contributed by atoms with Gasteiger partial charge in [-0.25, -0.2) is 0 Å². The number of benzene rings is 2. The Morgan fingerprint density at radius 2 is 1.76 bits per heavy atom.